The molecule has 0 bridgehead atoms. The second-order valence-electron chi connectivity index (χ2n) is 5.25. The van der Waals surface area contributed by atoms with Gasteiger partial charge in [-0.1, -0.05) is 0 Å². The van der Waals surface area contributed by atoms with Crippen LogP contribution < -0.4 is 4.74 Å². The van der Waals surface area contributed by atoms with Gasteiger partial charge in [-0.3, -0.25) is 4.79 Å². The van der Waals surface area contributed by atoms with E-state index in [2.05, 4.69) is 9.72 Å². The summed E-state index contributed by atoms with van der Waals surface area (Å²) in [4.78, 5) is 16.4. The number of halogens is 3. The van der Waals surface area contributed by atoms with E-state index in [-0.39, 0.29) is 6.42 Å². The van der Waals surface area contributed by atoms with Crippen molar-refractivity contribution in [1.82, 2.24) is 4.98 Å². The minimum absolute atomic E-state index is 0.286. The van der Waals surface area contributed by atoms with Crippen LogP contribution in [0, 0.1) is 11.3 Å². The molecule has 2 rings (SSSR count). The zero-order valence-electron chi connectivity index (χ0n) is 13.7. The quantitative estimate of drug-likeness (QED) is 0.644. The van der Waals surface area contributed by atoms with Crippen LogP contribution >= 0.6 is 11.3 Å². The molecule has 138 valence electrons. The second kappa shape index (κ2) is 8.78. The first-order valence-corrected chi connectivity index (χ1v) is 8.38. The van der Waals surface area contributed by atoms with E-state index in [0.29, 0.717) is 16.5 Å². The summed E-state index contributed by atoms with van der Waals surface area (Å²) in [7, 11) is 1.55. The van der Waals surface area contributed by atoms with Gasteiger partial charge in [0.15, 0.2) is 11.7 Å². The largest absolute Gasteiger partial charge is 0.497 e. The molecule has 1 unspecified atom stereocenters. The van der Waals surface area contributed by atoms with Crippen molar-refractivity contribution in [1.29, 1.82) is 5.26 Å². The first-order chi connectivity index (χ1) is 12.3. The van der Waals surface area contributed by atoms with Crippen LogP contribution in [0.15, 0.2) is 29.6 Å². The number of alkyl halides is 3. The molecular formula is C17H15F3N2O3S. The van der Waals surface area contributed by atoms with E-state index < -0.39 is 31.1 Å². The van der Waals surface area contributed by atoms with Crippen LogP contribution in [0.2, 0.25) is 0 Å². The highest BCUT2D eigenvalue weighted by Gasteiger charge is 2.28. The Bertz CT molecular complexity index is 782. The zero-order chi connectivity index (χ0) is 19.2. The molecule has 0 aliphatic rings. The summed E-state index contributed by atoms with van der Waals surface area (Å²) in [5.41, 5.74) is 1.40. The highest BCUT2D eigenvalue weighted by Crippen LogP contribution is 2.28. The molecule has 0 aliphatic carbocycles. The monoisotopic (exact) mass is 384 g/mol. The van der Waals surface area contributed by atoms with Crippen molar-refractivity contribution in [2.45, 2.75) is 18.5 Å². The number of methoxy groups -OCH3 is 1. The topological polar surface area (TPSA) is 72.2 Å². The number of aromatic nitrogens is 1. The lowest BCUT2D eigenvalue weighted by atomic mass is 10.0. The van der Waals surface area contributed by atoms with Crippen LogP contribution in [0.1, 0.15) is 17.3 Å². The van der Waals surface area contributed by atoms with E-state index >= 15 is 0 Å². The van der Waals surface area contributed by atoms with Crippen molar-refractivity contribution in [2.24, 2.45) is 0 Å². The third-order valence-corrected chi connectivity index (χ3v) is 4.27. The first-order valence-electron chi connectivity index (χ1n) is 7.50. The maximum absolute atomic E-state index is 12.1. The fourth-order valence-corrected chi connectivity index (χ4v) is 2.98. The highest BCUT2D eigenvalue weighted by molar-refractivity contribution is 7.10. The molecule has 0 aliphatic heterocycles. The van der Waals surface area contributed by atoms with Gasteiger partial charge in [0.25, 0.3) is 0 Å². The van der Waals surface area contributed by atoms with E-state index in [9.17, 15) is 23.2 Å². The normalized spacial score (nSPS) is 12.4. The highest BCUT2D eigenvalue weighted by atomic mass is 32.1. The van der Waals surface area contributed by atoms with Crippen LogP contribution in [0.25, 0.3) is 11.3 Å². The van der Waals surface area contributed by atoms with Crippen molar-refractivity contribution >= 4 is 17.1 Å². The fourth-order valence-electron chi connectivity index (χ4n) is 2.08. The van der Waals surface area contributed by atoms with Gasteiger partial charge in [-0.05, 0) is 24.3 Å². The molecule has 0 amide bonds. The van der Waals surface area contributed by atoms with Crippen molar-refractivity contribution in [3.8, 4) is 23.1 Å². The number of ether oxygens (including phenoxy) is 2. The Morgan fingerprint density at radius 1 is 1.35 bits per heavy atom. The number of ketones is 1. The summed E-state index contributed by atoms with van der Waals surface area (Å²) in [6.45, 7) is -1.82. The van der Waals surface area contributed by atoms with Gasteiger partial charge in [0.05, 0.1) is 25.5 Å². The van der Waals surface area contributed by atoms with E-state index in [0.717, 1.165) is 16.9 Å². The molecule has 9 heteroatoms. The van der Waals surface area contributed by atoms with E-state index in [1.165, 1.54) is 0 Å². The predicted molar refractivity (Wildman–Crippen MR) is 89.0 cm³/mol. The van der Waals surface area contributed by atoms with Crippen LogP contribution in [0.4, 0.5) is 13.2 Å². The Hall–Kier alpha value is -2.44. The number of hydrogen-bond acceptors (Lipinski definition) is 6. The van der Waals surface area contributed by atoms with Gasteiger partial charge in [0.1, 0.15) is 17.4 Å². The Morgan fingerprint density at radius 3 is 2.62 bits per heavy atom. The third kappa shape index (κ3) is 5.54. The van der Waals surface area contributed by atoms with Crippen molar-refractivity contribution in [2.75, 3.05) is 20.3 Å². The molecule has 2 aromatic rings. The van der Waals surface area contributed by atoms with Crippen molar-refractivity contribution < 1.29 is 27.4 Å². The van der Waals surface area contributed by atoms with Gasteiger partial charge in [0, 0.05) is 17.4 Å². The third-order valence-electron chi connectivity index (χ3n) is 3.36. The number of carbonyl (C=O) groups is 1. The zero-order valence-corrected chi connectivity index (χ0v) is 14.6. The second-order valence-corrected chi connectivity index (χ2v) is 6.14. The number of nitriles is 1. The Morgan fingerprint density at radius 2 is 2.04 bits per heavy atom. The predicted octanol–water partition coefficient (Wildman–Crippen LogP) is 3.96. The van der Waals surface area contributed by atoms with Gasteiger partial charge in [-0.25, -0.2) is 4.98 Å². The summed E-state index contributed by atoms with van der Waals surface area (Å²) in [6.07, 6.45) is -4.73. The molecule has 26 heavy (non-hydrogen) atoms. The fraction of sp³-hybridized carbons (Fsp3) is 0.353. The number of Topliss-reactive ketones (excluding diaryl/α,β-unsaturated/α-hetero) is 1. The lowest BCUT2D eigenvalue weighted by molar-refractivity contribution is -0.174. The van der Waals surface area contributed by atoms with Crippen LogP contribution in [-0.4, -0.2) is 37.3 Å². The van der Waals surface area contributed by atoms with Crippen molar-refractivity contribution in [3.63, 3.8) is 0 Å². The number of benzene rings is 1. The molecule has 0 saturated heterocycles. The minimum Gasteiger partial charge on any atom is -0.497 e. The van der Waals surface area contributed by atoms with Gasteiger partial charge in [0.2, 0.25) is 0 Å². The van der Waals surface area contributed by atoms with E-state index in [1.54, 1.807) is 36.8 Å². The summed E-state index contributed by atoms with van der Waals surface area (Å²) >= 11 is 1.15. The molecule has 1 atom stereocenters. The molecule has 1 heterocycles. The summed E-state index contributed by atoms with van der Waals surface area (Å²) in [5.74, 6) is -0.958. The number of thiazole rings is 1. The van der Waals surface area contributed by atoms with Crippen LogP contribution in [0.5, 0.6) is 5.75 Å². The molecule has 1 aromatic heterocycles. The molecule has 0 saturated carbocycles. The first kappa shape index (κ1) is 19.9. The van der Waals surface area contributed by atoms with Gasteiger partial charge < -0.3 is 9.47 Å². The van der Waals surface area contributed by atoms with Crippen LogP contribution in [-0.2, 0) is 9.53 Å². The smallest absolute Gasteiger partial charge is 0.411 e. The minimum atomic E-state index is -4.44. The number of hydrogen-bond donors (Lipinski definition) is 0. The molecule has 0 fully saturated rings. The number of rotatable bonds is 8. The summed E-state index contributed by atoms with van der Waals surface area (Å²) < 4.78 is 45.5. The van der Waals surface area contributed by atoms with E-state index in [4.69, 9.17) is 4.74 Å². The van der Waals surface area contributed by atoms with Gasteiger partial charge in [-0.15, -0.1) is 11.3 Å². The van der Waals surface area contributed by atoms with Crippen LogP contribution in [0.3, 0.4) is 0 Å². The Balaban J connectivity index is 2.00. The molecule has 0 radical (unpaired) electrons. The summed E-state index contributed by atoms with van der Waals surface area (Å²) in [6, 6.07) is 8.98. The standard InChI is InChI=1S/C17H15F3N2O3S/c1-24-12-4-2-11(3-5-12)14-9-26-16(22-14)13(8-21)15(23)6-7-25-10-17(18,19)20/h2-5,9,13H,6-7,10H2,1H3. The molecule has 1 aromatic carbocycles. The lowest BCUT2D eigenvalue weighted by Crippen LogP contribution is -2.19. The Labute approximate surface area is 152 Å². The molecule has 0 N–H and O–H groups in total. The van der Waals surface area contributed by atoms with Gasteiger partial charge in [-0.2, -0.15) is 18.4 Å². The molecule has 5 nitrogen and oxygen atoms in total. The molecule has 0 spiro atoms. The summed E-state index contributed by atoms with van der Waals surface area (Å²) in [5, 5.41) is 11.3. The van der Waals surface area contributed by atoms with E-state index in [1.807, 2.05) is 6.07 Å². The number of carbonyl (C=O) groups excluding carboxylic acids is 1. The maximum Gasteiger partial charge on any atom is 0.411 e. The Kier molecular flexibility index (Phi) is 6.71. The van der Waals surface area contributed by atoms with Crippen molar-refractivity contribution in [3.05, 3.63) is 34.7 Å². The number of nitrogens with zero attached hydrogens (tertiary/aromatic N) is 2. The molecular weight excluding hydrogens is 369 g/mol. The van der Waals surface area contributed by atoms with Gasteiger partial charge >= 0.3 is 6.18 Å². The average Bonchev–Trinajstić information content (AvgIpc) is 3.08. The maximum atomic E-state index is 12.1. The SMILES string of the molecule is COc1ccc(-c2csc(C(C#N)C(=O)CCOCC(F)(F)F)n2)cc1. The average molecular weight is 384 g/mol. The lowest BCUT2D eigenvalue weighted by Gasteiger charge is -2.08.